The van der Waals surface area contributed by atoms with Gasteiger partial charge in [0.15, 0.2) is 0 Å². The van der Waals surface area contributed by atoms with Crippen molar-refractivity contribution in [2.24, 2.45) is 5.92 Å². The van der Waals surface area contributed by atoms with E-state index in [9.17, 15) is 9.59 Å². The Morgan fingerprint density at radius 3 is 2.21 bits per heavy atom. The minimum atomic E-state index is 0.00606. The molecular weight excluding hydrogens is 364 g/mol. The van der Waals surface area contributed by atoms with Crippen LogP contribution in [0.15, 0.2) is 54.6 Å². The number of hydrogen-bond acceptors (Lipinski definition) is 3. The lowest BCUT2D eigenvalue weighted by Crippen LogP contribution is -2.50. The second kappa shape index (κ2) is 10.1. The summed E-state index contributed by atoms with van der Waals surface area (Å²) >= 11 is 0. The van der Waals surface area contributed by atoms with Crippen molar-refractivity contribution in [2.75, 3.05) is 26.2 Å². The van der Waals surface area contributed by atoms with Crippen molar-refractivity contribution >= 4 is 11.8 Å². The molecule has 2 aromatic rings. The number of carbonyl (C=O) groups excluding carboxylic acids is 2. The average molecular weight is 395 g/mol. The molecule has 0 bridgehead atoms. The van der Waals surface area contributed by atoms with Gasteiger partial charge in [-0.15, -0.1) is 0 Å². The van der Waals surface area contributed by atoms with E-state index in [1.54, 1.807) is 0 Å². The van der Waals surface area contributed by atoms with Crippen molar-refractivity contribution in [1.29, 1.82) is 0 Å². The summed E-state index contributed by atoms with van der Waals surface area (Å²) in [5.74, 6) is 1.51. The van der Waals surface area contributed by atoms with Gasteiger partial charge in [-0.2, -0.15) is 0 Å². The van der Waals surface area contributed by atoms with Gasteiger partial charge in [0.25, 0.3) is 5.91 Å². The highest BCUT2D eigenvalue weighted by atomic mass is 16.5. The third-order valence-electron chi connectivity index (χ3n) is 5.24. The molecule has 29 heavy (non-hydrogen) atoms. The predicted octanol–water partition coefficient (Wildman–Crippen LogP) is 3.99. The highest BCUT2D eigenvalue weighted by Crippen LogP contribution is 2.18. The lowest BCUT2D eigenvalue weighted by Gasteiger charge is -2.35. The third kappa shape index (κ3) is 5.83. The Bertz CT molecular complexity index is 812. The lowest BCUT2D eigenvalue weighted by molar-refractivity contribution is -0.132. The topological polar surface area (TPSA) is 49.9 Å². The number of ether oxygens (including phenoxy) is 1. The smallest absolute Gasteiger partial charge is 0.254 e. The van der Waals surface area contributed by atoms with E-state index in [0.29, 0.717) is 50.7 Å². The fourth-order valence-electron chi connectivity index (χ4n) is 3.43. The van der Waals surface area contributed by atoms with Gasteiger partial charge in [-0.05, 0) is 30.5 Å². The highest BCUT2D eigenvalue weighted by Gasteiger charge is 2.25. The molecule has 154 valence electrons. The van der Waals surface area contributed by atoms with Gasteiger partial charge >= 0.3 is 0 Å². The van der Waals surface area contributed by atoms with Crippen molar-refractivity contribution < 1.29 is 14.3 Å². The van der Waals surface area contributed by atoms with Crippen LogP contribution >= 0.6 is 0 Å². The highest BCUT2D eigenvalue weighted by molar-refractivity contribution is 5.95. The molecule has 0 radical (unpaired) electrons. The van der Waals surface area contributed by atoms with E-state index in [0.717, 1.165) is 17.7 Å². The van der Waals surface area contributed by atoms with Crippen LogP contribution in [-0.4, -0.2) is 47.8 Å². The molecule has 1 heterocycles. The van der Waals surface area contributed by atoms with E-state index >= 15 is 0 Å². The zero-order chi connectivity index (χ0) is 20.6. The Kier molecular flexibility index (Phi) is 7.28. The number of carbonyl (C=O) groups is 2. The van der Waals surface area contributed by atoms with Crippen molar-refractivity contribution in [1.82, 2.24) is 9.80 Å². The van der Waals surface area contributed by atoms with E-state index in [-0.39, 0.29) is 11.8 Å². The first-order valence-electron chi connectivity index (χ1n) is 10.4. The molecule has 0 atom stereocenters. The molecule has 1 fully saturated rings. The van der Waals surface area contributed by atoms with Crippen LogP contribution in [0.2, 0.25) is 0 Å². The monoisotopic (exact) mass is 394 g/mol. The summed E-state index contributed by atoms with van der Waals surface area (Å²) in [7, 11) is 0. The minimum Gasteiger partial charge on any atom is -0.489 e. The van der Waals surface area contributed by atoms with Gasteiger partial charge in [0.05, 0.1) is 0 Å². The SMILES string of the molecule is CC(C)CCC(=O)N1CCN(C(=O)c2ccccc2COc2ccccc2)CC1. The zero-order valence-corrected chi connectivity index (χ0v) is 17.3. The molecule has 0 saturated carbocycles. The van der Waals surface area contributed by atoms with Crippen LogP contribution in [0.5, 0.6) is 5.75 Å². The maximum absolute atomic E-state index is 13.1. The molecule has 0 spiro atoms. The number of piperazine rings is 1. The van der Waals surface area contributed by atoms with Crippen LogP contribution in [0, 0.1) is 5.92 Å². The van der Waals surface area contributed by atoms with Gasteiger partial charge in [0, 0.05) is 43.7 Å². The maximum Gasteiger partial charge on any atom is 0.254 e. The normalized spacial score (nSPS) is 14.2. The number of amides is 2. The summed E-state index contributed by atoms with van der Waals surface area (Å²) in [6, 6.07) is 17.2. The molecule has 0 unspecified atom stereocenters. The zero-order valence-electron chi connectivity index (χ0n) is 17.3. The van der Waals surface area contributed by atoms with Crippen molar-refractivity contribution in [2.45, 2.75) is 33.3 Å². The molecule has 1 aliphatic rings. The van der Waals surface area contributed by atoms with E-state index in [1.807, 2.05) is 64.4 Å². The summed E-state index contributed by atoms with van der Waals surface area (Å²) in [6.07, 6.45) is 1.50. The second-order valence-corrected chi connectivity index (χ2v) is 7.86. The lowest BCUT2D eigenvalue weighted by atomic mass is 10.1. The Balaban J connectivity index is 1.58. The first-order valence-corrected chi connectivity index (χ1v) is 10.4. The van der Waals surface area contributed by atoms with Gasteiger partial charge in [-0.1, -0.05) is 50.2 Å². The predicted molar refractivity (Wildman–Crippen MR) is 114 cm³/mol. The fraction of sp³-hybridized carbons (Fsp3) is 0.417. The van der Waals surface area contributed by atoms with Crippen molar-refractivity contribution in [3.63, 3.8) is 0 Å². The number of hydrogen-bond donors (Lipinski definition) is 0. The molecule has 3 rings (SSSR count). The molecule has 2 amide bonds. The van der Waals surface area contributed by atoms with Crippen molar-refractivity contribution in [3.8, 4) is 5.75 Å². The van der Waals surface area contributed by atoms with E-state index in [1.165, 1.54) is 0 Å². The second-order valence-electron chi connectivity index (χ2n) is 7.86. The van der Waals surface area contributed by atoms with Crippen LogP contribution in [0.4, 0.5) is 0 Å². The Morgan fingerprint density at radius 1 is 0.897 bits per heavy atom. The molecule has 2 aromatic carbocycles. The van der Waals surface area contributed by atoms with E-state index in [4.69, 9.17) is 4.74 Å². The molecule has 0 N–H and O–H groups in total. The summed E-state index contributed by atoms with van der Waals surface area (Å²) in [5, 5.41) is 0. The number of rotatable bonds is 7. The van der Waals surface area contributed by atoms with Gasteiger partial charge < -0.3 is 14.5 Å². The molecule has 0 aromatic heterocycles. The van der Waals surface area contributed by atoms with Crippen LogP contribution in [0.3, 0.4) is 0 Å². The van der Waals surface area contributed by atoms with Crippen LogP contribution in [-0.2, 0) is 11.4 Å². The van der Waals surface area contributed by atoms with Gasteiger partial charge in [0.1, 0.15) is 12.4 Å². The summed E-state index contributed by atoms with van der Waals surface area (Å²) < 4.78 is 5.84. The molecule has 5 heteroatoms. The van der Waals surface area contributed by atoms with Gasteiger partial charge in [-0.3, -0.25) is 9.59 Å². The third-order valence-corrected chi connectivity index (χ3v) is 5.24. The number of benzene rings is 2. The van der Waals surface area contributed by atoms with E-state index in [2.05, 4.69) is 13.8 Å². The average Bonchev–Trinajstić information content (AvgIpc) is 2.76. The standard InChI is InChI=1S/C24H30N2O3/c1-19(2)12-13-23(27)25-14-16-26(17-15-25)24(28)22-11-7-6-8-20(22)18-29-21-9-4-3-5-10-21/h3-11,19H,12-18H2,1-2H3. The Hall–Kier alpha value is -2.82. The summed E-state index contributed by atoms with van der Waals surface area (Å²) in [6.45, 7) is 6.95. The Morgan fingerprint density at radius 2 is 1.52 bits per heavy atom. The van der Waals surface area contributed by atoms with E-state index < -0.39 is 0 Å². The fourth-order valence-corrected chi connectivity index (χ4v) is 3.43. The maximum atomic E-state index is 13.1. The molecule has 5 nitrogen and oxygen atoms in total. The van der Waals surface area contributed by atoms with Crippen LogP contribution in [0.1, 0.15) is 42.6 Å². The molecular formula is C24H30N2O3. The number of para-hydroxylation sites is 1. The quantitative estimate of drug-likeness (QED) is 0.714. The van der Waals surface area contributed by atoms with Gasteiger partial charge in [-0.25, -0.2) is 0 Å². The van der Waals surface area contributed by atoms with Crippen molar-refractivity contribution in [3.05, 3.63) is 65.7 Å². The number of nitrogens with zero attached hydrogens (tertiary/aromatic N) is 2. The molecule has 1 aliphatic heterocycles. The first-order chi connectivity index (χ1) is 14.0. The van der Waals surface area contributed by atoms with Crippen LogP contribution < -0.4 is 4.74 Å². The Labute approximate surface area is 173 Å². The summed E-state index contributed by atoms with van der Waals surface area (Å²) in [4.78, 5) is 29.1. The summed E-state index contributed by atoms with van der Waals surface area (Å²) in [5.41, 5.74) is 1.54. The minimum absolute atomic E-state index is 0.00606. The molecule has 0 aliphatic carbocycles. The van der Waals surface area contributed by atoms with Crippen LogP contribution in [0.25, 0.3) is 0 Å². The first kappa shape index (κ1) is 20.9. The largest absolute Gasteiger partial charge is 0.489 e. The molecule has 1 saturated heterocycles. The van der Waals surface area contributed by atoms with Gasteiger partial charge in [0.2, 0.25) is 5.91 Å².